The maximum absolute atomic E-state index is 12.1. The van der Waals surface area contributed by atoms with Gasteiger partial charge in [-0.2, -0.15) is 0 Å². The predicted octanol–water partition coefficient (Wildman–Crippen LogP) is 0.410. The van der Waals surface area contributed by atoms with Crippen LogP contribution in [-0.2, 0) is 14.6 Å². The van der Waals surface area contributed by atoms with Gasteiger partial charge >= 0.3 is 0 Å². The summed E-state index contributed by atoms with van der Waals surface area (Å²) in [5.74, 6) is 0.947. The molecule has 3 fully saturated rings. The second-order valence-electron chi connectivity index (χ2n) is 6.68. The molecule has 0 bridgehead atoms. The van der Waals surface area contributed by atoms with Crippen LogP contribution in [0.4, 0.5) is 0 Å². The molecule has 20 heavy (non-hydrogen) atoms. The lowest BCUT2D eigenvalue weighted by molar-refractivity contribution is -0.123. The van der Waals surface area contributed by atoms with E-state index >= 15 is 0 Å². The number of carbonyl (C=O) groups is 1. The van der Waals surface area contributed by atoms with Crippen molar-refractivity contribution in [2.75, 3.05) is 24.6 Å². The number of amides is 1. The van der Waals surface area contributed by atoms with Crippen LogP contribution in [0.5, 0.6) is 0 Å². The van der Waals surface area contributed by atoms with Crippen molar-refractivity contribution in [2.45, 2.75) is 44.7 Å². The normalized spacial score (nSPS) is 40.5. The molecule has 0 aromatic rings. The van der Waals surface area contributed by atoms with Crippen LogP contribution in [0.25, 0.3) is 0 Å². The minimum absolute atomic E-state index is 0.0155. The van der Waals surface area contributed by atoms with E-state index in [0.29, 0.717) is 5.92 Å². The van der Waals surface area contributed by atoms with E-state index in [1.54, 1.807) is 0 Å². The number of nitrogens with one attached hydrogen (secondary N) is 1. The molecule has 0 aromatic heterocycles. The van der Waals surface area contributed by atoms with Crippen LogP contribution in [-0.4, -0.2) is 55.9 Å². The summed E-state index contributed by atoms with van der Waals surface area (Å²) in [6.45, 7) is 4.00. The van der Waals surface area contributed by atoms with E-state index in [1.807, 2.05) is 0 Å². The van der Waals surface area contributed by atoms with Crippen LogP contribution < -0.4 is 5.32 Å². The van der Waals surface area contributed by atoms with Gasteiger partial charge in [-0.25, -0.2) is 8.42 Å². The molecule has 1 aliphatic carbocycles. The molecule has 2 saturated heterocycles. The van der Waals surface area contributed by atoms with E-state index in [-0.39, 0.29) is 35.4 Å². The van der Waals surface area contributed by atoms with Gasteiger partial charge in [-0.3, -0.25) is 9.69 Å². The Morgan fingerprint density at radius 2 is 1.80 bits per heavy atom. The lowest BCUT2D eigenvalue weighted by atomic mass is 10.0. The average molecular weight is 300 g/mol. The number of piperidine rings is 1. The highest BCUT2D eigenvalue weighted by atomic mass is 32.2. The lowest BCUT2D eigenvalue weighted by Crippen LogP contribution is -2.52. The average Bonchev–Trinajstić information content (AvgIpc) is 3.05. The Labute approximate surface area is 121 Å². The van der Waals surface area contributed by atoms with E-state index in [1.165, 1.54) is 6.42 Å². The van der Waals surface area contributed by atoms with E-state index < -0.39 is 9.84 Å². The lowest BCUT2D eigenvalue weighted by Gasteiger charge is -2.35. The molecule has 1 N–H and O–H groups in total. The molecule has 5 nitrogen and oxygen atoms in total. The van der Waals surface area contributed by atoms with Crippen molar-refractivity contribution in [1.29, 1.82) is 0 Å². The minimum atomic E-state index is -3.01. The van der Waals surface area contributed by atoms with Gasteiger partial charge in [0, 0.05) is 12.0 Å². The fraction of sp³-hybridized carbons (Fsp3) is 0.929. The molecule has 3 aliphatic rings. The maximum Gasteiger partial charge on any atom is 0.223 e. The number of sulfone groups is 1. The first-order valence-corrected chi connectivity index (χ1v) is 9.53. The Kier molecular flexibility index (Phi) is 3.79. The zero-order valence-electron chi connectivity index (χ0n) is 12.0. The summed E-state index contributed by atoms with van der Waals surface area (Å²) in [7, 11) is -3.01. The van der Waals surface area contributed by atoms with E-state index in [4.69, 9.17) is 0 Å². The third-order valence-electron chi connectivity index (χ3n) is 4.96. The van der Waals surface area contributed by atoms with Gasteiger partial charge in [-0.15, -0.1) is 0 Å². The van der Waals surface area contributed by atoms with Gasteiger partial charge in [-0.05, 0) is 38.3 Å². The molecule has 1 amide bonds. The molecule has 0 radical (unpaired) electrons. The summed E-state index contributed by atoms with van der Waals surface area (Å²) < 4.78 is 23.9. The molecule has 6 heteroatoms. The summed E-state index contributed by atoms with van der Waals surface area (Å²) in [6, 6.07) is -0.225. The first kappa shape index (κ1) is 14.3. The number of likely N-dealkylation sites (tertiary alicyclic amines) is 1. The third kappa shape index (κ3) is 3.01. The summed E-state index contributed by atoms with van der Waals surface area (Å²) in [6.07, 6.45) is 4.44. The molecule has 4 atom stereocenters. The number of nitrogens with zero attached hydrogens (tertiary/aromatic N) is 1. The monoisotopic (exact) mass is 300 g/mol. The highest BCUT2D eigenvalue weighted by molar-refractivity contribution is 7.91. The molecule has 3 rings (SSSR count). The molecular weight excluding hydrogens is 276 g/mol. The molecule has 0 spiro atoms. The molecule has 0 aromatic carbocycles. The number of rotatable bonds is 3. The van der Waals surface area contributed by atoms with Gasteiger partial charge in [0.05, 0.1) is 17.5 Å². The van der Waals surface area contributed by atoms with Crippen LogP contribution in [0, 0.1) is 11.8 Å². The Morgan fingerprint density at radius 1 is 1.15 bits per heavy atom. The standard InChI is InChI=1S/C14H24N2O3S/c1-10-7-11(10)14(17)15-12-8-20(18,19)9-13(12)16-5-3-2-4-6-16/h10-13H,2-9H2,1H3,(H,15,17)/t10-,11+,12-,13+/m1/s1. The van der Waals surface area contributed by atoms with Crippen LogP contribution in [0.3, 0.4) is 0 Å². The van der Waals surface area contributed by atoms with E-state index in [9.17, 15) is 13.2 Å². The topological polar surface area (TPSA) is 66.5 Å². The number of hydrogen-bond acceptors (Lipinski definition) is 4. The molecule has 114 valence electrons. The zero-order chi connectivity index (χ0) is 14.3. The van der Waals surface area contributed by atoms with Gasteiger partial charge < -0.3 is 5.32 Å². The number of hydrogen-bond donors (Lipinski definition) is 1. The van der Waals surface area contributed by atoms with Gasteiger partial charge in [-0.1, -0.05) is 13.3 Å². The zero-order valence-corrected chi connectivity index (χ0v) is 12.9. The highest BCUT2D eigenvalue weighted by Crippen LogP contribution is 2.38. The Balaban J connectivity index is 1.67. The molecular formula is C14H24N2O3S. The van der Waals surface area contributed by atoms with Crippen molar-refractivity contribution in [3.05, 3.63) is 0 Å². The Bertz CT molecular complexity index is 485. The largest absolute Gasteiger partial charge is 0.350 e. The summed E-state index contributed by atoms with van der Waals surface area (Å²) in [4.78, 5) is 14.4. The van der Waals surface area contributed by atoms with E-state index in [2.05, 4.69) is 17.1 Å². The van der Waals surface area contributed by atoms with Crippen molar-refractivity contribution >= 4 is 15.7 Å². The summed E-state index contributed by atoms with van der Waals surface area (Å²) in [5, 5.41) is 3.01. The predicted molar refractivity (Wildman–Crippen MR) is 77.1 cm³/mol. The number of carbonyl (C=O) groups excluding carboxylic acids is 1. The SMILES string of the molecule is C[C@@H]1C[C@@H]1C(=O)N[C@@H]1CS(=O)(=O)C[C@@H]1N1CCCCC1. The smallest absolute Gasteiger partial charge is 0.223 e. The van der Waals surface area contributed by atoms with E-state index in [0.717, 1.165) is 32.4 Å². The van der Waals surface area contributed by atoms with Crippen LogP contribution in [0.15, 0.2) is 0 Å². The van der Waals surface area contributed by atoms with Gasteiger partial charge in [0.1, 0.15) is 0 Å². The van der Waals surface area contributed by atoms with Crippen LogP contribution in [0.2, 0.25) is 0 Å². The van der Waals surface area contributed by atoms with Crippen molar-refractivity contribution in [3.63, 3.8) is 0 Å². The molecule has 2 heterocycles. The van der Waals surface area contributed by atoms with Gasteiger partial charge in [0.15, 0.2) is 9.84 Å². The van der Waals surface area contributed by atoms with Gasteiger partial charge in [0.2, 0.25) is 5.91 Å². The highest BCUT2D eigenvalue weighted by Gasteiger charge is 2.45. The summed E-state index contributed by atoms with van der Waals surface area (Å²) in [5.41, 5.74) is 0. The fourth-order valence-corrected chi connectivity index (χ4v) is 5.51. The van der Waals surface area contributed by atoms with Gasteiger partial charge in [0.25, 0.3) is 0 Å². The first-order valence-electron chi connectivity index (χ1n) is 7.71. The first-order chi connectivity index (χ1) is 9.46. The second-order valence-corrected chi connectivity index (χ2v) is 8.83. The van der Waals surface area contributed by atoms with Crippen molar-refractivity contribution < 1.29 is 13.2 Å². The minimum Gasteiger partial charge on any atom is -0.350 e. The molecule has 2 aliphatic heterocycles. The van der Waals surface area contributed by atoms with Crippen LogP contribution in [0.1, 0.15) is 32.6 Å². The maximum atomic E-state index is 12.1. The Morgan fingerprint density at radius 3 is 2.40 bits per heavy atom. The second kappa shape index (κ2) is 5.30. The Hall–Kier alpha value is -0.620. The molecule has 1 saturated carbocycles. The molecule has 0 unspecified atom stereocenters. The van der Waals surface area contributed by atoms with Crippen molar-refractivity contribution in [2.24, 2.45) is 11.8 Å². The quantitative estimate of drug-likeness (QED) is 0.820. The van der Waals surface area contributed by atoms with Crippen molar-refractivity contribution in [3.8, 4) is 0 Å². The summed E-state index contributed by atoms with van der Waals surface area (Å²) >= 11 is 0. The van der Waals surface area contributed by atoms with Crippen molar-refractivity contribution in [1.82, 2.24) is 10.2 Å². The van der Waals surface area contributed by atoms with Crippen LogP contribution >= 0.6 is 0 Å². The fourth-order valence-electron chi connectivity index (χ4n) is 3.55. The third-order valence-corrected chi connectivity index (χ3v) is 6.67.